The van der Waals surface area contributed by atoms with Crippen molar-refractivity contribution in [3.8, 4) is 0 Å². The van der Waals surface area contributed by atoms with Gasteiger partial charge in [0.25, 0.3) is 5.91 Å². The van der Waals surface area contributed by atoms with E-state index in [2.05, 4.69) is 30.8 Å². The van der Waals surface area contributed by atoms with Gasteiger partial charge in [0.1, 0.15) is 0 Å². The van der Waals surface area contributed by atoms with Crippen LogP contribution in [-0.4, -0.2) is 65.3 Å². The van der Waals surface area contributed by atoms with Gasteiger partial charge in [0, 0.05) is 45.0 Å². The van der Waals surface area contributed by atoms with E-state index in [0.29, 0.717) is 24.5 Å². The van der Waals surface area contributed by atoms with Crippen LogP contribution in [0.2, 0.25) is 0 Å². The van der Waals surface area contributed by atoms with Crippen LogP contribution in [0.15, 0.2) is 12.3 Å². The van der Waals surface area contributed by atoms with Crippen LogP contribution in [0.1, 0.15) is 21.7 Å². The number of nitrogens with zero attached hydrogens (tertiary/aromatic N) is 5. The zero-order chi connectivity index (χ0) is 18.5. The number of carbonyl (C=O) groups excluding carboxylic acids is 1. The van der Waals surface area contributed by atoms with Gasteiger partial charge in [-0.25, -0.2) is 0 Å². The molecule has 0 saturated carbocycles. The number of rotatable bonds is 6. The maximum atomic E-state index is 12.3. The molecule has 1 fully saturated rings. The summed E-state index contributed by atoms with van der Waals surface area (Å²) < 4.78 is 7.09. The van der Waals surface area contributed by atoms with E-state index in [1.54, 1.807) is 10.9 Å². The van der Waals surface area contributed by atoms with E-state index in [-0.39, 0.29) is 5.91 Å². The van der Waals surface area contributed by atoms with Crippen LogP contribution >= 0.6 is 0 Å². The van der Waals surface area contributed by atoms with Crippen molar-refractivity contribution in [2.24, 2.45) is 7.05 Å². The molecule has 0 aliphatic carbocycles. The molecule has 1 aliphatic heterocycles. The van der Waals surface area contributed by atoms with Gasteiger partial charge in [0.05, 0.1) is 36.4 Å². The molecule has 0 radical (unpaired) electrons. The number of nitrogens with one attached hydrogen (secondary N) is 2. The Kier molecular flexibility index (Phi) is 5.67. The summed E-state index contributed by atoms with van der Waals surface area (Å²) in [6.45, 7) is 7.93. The Morgan fingerprint density at radius 3 is 2.73 bits per heavy atom. The highest BCUT2D eigenvalue weighted by Crippen LogP contribution is 2.17. The van der Waals surface area contributed by atoms with Gasteiger partial charge in [-0.1, -0.05) is 0 Å². The number of aryl methyl sites for hydroxylation is 2. The van der Waals surface area contributed by atoms with Gasteiger partial charge >= 0.3 is 0 Å². The SMILES string of the molecule is Cc1nn(C)c(C)c1C(=O)NCCNc1cc(N2CCOCC2)cnn1. The second-order valence-corrected chi connectivity index (χ2v) is 6.25. The van der Waals surface area contributed by atoms with E-state index < -0.39 is 0 Å². The van der Waals surface area contributed by atoms with Crippen molar-refractivity contribution in [2.75, 3.05) is 49.6 Å². The topological polar surface area (TPSA) is 97.2 Å². The molecule has 0 atom stereocenters. The minimum atomic E-state index is -0.108. The number of hydrogen-bond acceptors (Lipinski definition) is 7. The fourth-order valence-corrected chi connectivity index (χ4v) is 2.99. The Balaban J connectivity index is 1.50. The van der Waals surface area contributed by atoms with Crippen LogP contribution in [0.4, 0.5) is 11.5 Å². The van der Waals surface area contributed by atoms with Crippen LogP contribution in [0.3, 0.4) is 0 Å². The zero-order valence-electron chi connectivity index (χ0n) is 15.4. The fourth-order valence-electron chi connectivity index (χ4n) is 2.99. The van der Waals surface area contributed by atoms with E-state index in [9.17, 15) is 4.79 Å². The smallest absolute Gasteiger partial charge is 0.255 e. The molecule has 0 bridgehead atoms. The lowest BCUT2D eigenvalue weighted by atomic mass is 10.2. The van der Waals surface area contributed by atoms with Crippen molar-refractivity contribution < 1.29 is 9.53 Å². The number of amides is 1. The summed E-state index contributed by atoms with van der Waals surface area (Å²) in [7, 11) is 1.83. The Morgan fingerprint density at radius 1 is 1.27 bits per heavy atom. The first-order valence-electron chi connectivity index (χ1n) is 8.74. The minimum absolute atomic E-state index is 0.108. The normalized spacial score (nSPS) is 14.3. The van der Waals surface area contributed by atoms with Gasteiger partial charge in [-0.3, -0.25) is 9.48 Å². The van der Waals surface area contributed by atoms with E-state index in [1.165, 1.54) is 0 Å². The largest absolute Gasteiger partial charge is 0.378 e. The van der Waals surface area contributed by atoms with E-state index >= 15 is 0 Å². The first kappa shape index (κ1) is 18.1. The molecule has 1 amide bonds. The maximum Gasteiger partial charge on any atom is 0.255 e. The second-order valence-electron chi connectivity index (χ2n) is 6.25. The summed E-state index contributed by atoms with van der Waals surface area (Å²) in [5.74, 6) is 0.583. The molecule has 2 N–H and O–H groups in total. The molecule has 1 saturated heterocycles. The van der Waals surface area contributed by atoms with Crippen molar-refractivity contribution in [2.45, 2.75) is 13.8 Å². The molecule has 2 aromatic rings. The third-order valence-electron chi connectivity index (χ3n) is 4.47. The standard InChI is InChI=1S/C17H25N7O2/c1-12-16(13(2)23(3)22-12)17(25)19-5-4-18-15-10-14(11-20-21-15)24-6-8-26-9-7-24/h10-11H,4-9H2,1-3H3,(H,18,21)(H,19,25). The number of aromatic nitrogens is 4. The highest BCUT2D eigenvalue weighted by Gasteiger charge is 2.16. The molecule has 9 nitrogen and oxygen atoms in total. The average molecular weight is 359 g/mol. The lowest BCUT2D eigenvalue weighted by molar-refractivity contribution is 0.0954. The van der Waals surface area contributed by atoms with Crippen molar-refractivity contribution in [1.82, 2.24) is 25.3 Å². The number of morpholine rings is 1. The summed E-state index contributed by atoms with van der Waals surface area (Å²) >= 11 is 0. The van der Waals surface area contributed by atoms with E-state index in [0.717, 1.165) is 43.4 Å². The molecular weight excluding hydrogens is 334 g/mol. The molecule has 2 aromatic heterocycles. The minimum Gasteiger partial charge on any atom is -0.378 e. The third kappa shape index (κ3) is 4.10. The molecule has 0 unspecified atom stereocenters. The Bertz CT molecular complexity index is 768. The van der Waals surface area contributed by atoms with E-state index in [4.69, 9.17) is 4.74 Å². The molecule has 140 valence electrons. The predicted molar refractivity (Wildman–Crippen MR) is 98.6 cm³/mol. The van der Waals surface area contributed by atoms with E-state index in [1.807, 2.05) is 27.0 Å². The van der Waals surface area contributed by atoms with Crippen molar-refractivity contribution in [3.05, 3.63) is 29.2 Å². The molecular formula is C17H25N7O2. The molecule has 9 heteroatoms. The van der Waals surface area contributed by atoms with Crippen LogP contribution in [-0.2, 0) is 11.8 Å². The van der Waals surface area contributed by atoms with Gasteiger partial charge in [-0.2, -0.15) is 10.2 Å². The molecule has 26 heavy (non-hydrogen) atoms. The van der Waals surface area contributed by atoms with Gasteiger partial charge in [-0.05, 0) is 13.8 Å². The third-order valence-corrected chi connectivity index (χ3v) is 4.47. The first-order valence-corrected chi connectivity index (χ1v) is 8.74. The number of carbonyl (C=O) groups is 1. The van der Waals surface area contributed by atoms with Crippen molar-refractivity contribution >= 4 is 17.4 Å². The second kappa shape index (κ2) is 8.13. The summed E-state index contributed by atoms with van der Waals surface area (Å²) in [4.78, 5) is 14.6. The van der Waals surface area contributed by atoms with Crippen molar-refractivity contribution in [1.29, 1.82) is 0 Å². The first-order chi connectivity index (χ1) is 12.6. The molecule has 0 aromatic carbocycles. The monoisotopic (exact) mass is 359 g/mol. The average Bonchev–Trinajstić information content (AvgIpc) is 2.91. The Morgan fingerprint density at radius 2 is 2.04 bits per heavy atom. The highest BCUT2D eigenvalue weighted by atomic mass is 16.5. The van der Waals surface area contributed by atoms with Gasteiger partial charge in [0.15, 0.2) is 5.82 Å². The number of ether oxygens (including phenoxy) is 1. The van der Waals surface area contributed by atoms with Crippen LogP contribution in [0.25, 0.3) is 0 Å². The Labute approximate surface area is 152 Å². The molecule has 0 spiro atoms. The van der Waals surface area contributed by atoms with Crippen LogP contribution < -0.4 is 15.5 Å². The lowest BCUT2D eigenvalue weighted by Gasteiger charge is -2.28. The highest BCUT2D eigenvalue weighted by molar-refractivity contribution is 5.96. The van der Waals surface area contributed by atoms with Crippen molar-refractivity contribution in [3.63, 3.8) is 0 Å². The Hall–Kier alpha value is -2.68. The summed E-state index contributed by atoms with van der Waals surface area (Å²) in [5.41, 5.74) is 3.26. The van der Waals surface area contributed by atoms with Gasteiger partial charge in [-0.15, -0.1) is 5.10 Å². The maximum absolute atomic E-state index is 12.3. The number of anilines is 2. The molecule has 3 rings (SSSR count). The number of hydrogen-bond donors (Lipinski definition) is 2. The summed E-state index contributed by atoms with van der Waals surface area (Å²) in [6.07, 6.45) is 1.76. The predicted octanol–water partition coefficient (Wildman–Crippen LogP) is 0.505. The zero-order valence-corrected chi connectivity index (χ0v) is 15.4. The quantitative estimate of drug-likeness (QED) is 0.725. The van der Waals surface area contributed by atoms with Gasteiger partial charge in [0.2, 0.25) is 0 Å². The summed E-state index contributed by atoms with van der Waals surface area (Å²) in [5, 5.41) is 18.5. The summed E-state index contributed by atoms with van der Waals surface area (Å²) in [6, 6.07) is 1.97. The fraction of sp³-hybridized carbons (Fsp3) is 0.529. The lowest BCUT2D eigenvalue weighted by Crippen LogP contribution is -2.36. The molecule has 1 aliphatic rings. The van der Waals surface area contributed by atoms with Crippen LogP contribution in [0, 0.1) is 13.8 Å². The molecule has 3 heterocycles. The van der Waals surface area contributed by atoms with Crippen LogP contribution in [0.5, 0.6) is 0 Å². The van der Waals surface area contributed by atoms with Gasteiger partial charge < -0.3 is 20.3 Å².